The van der Waals surface area contributed by atoms with Crippen molar-refractivity contribution in [2.24, 2.45) is 0 Å². The molecule has 0 fully saturated rings. The third-order valence-electron chi connectivity index (χ3n) is 5.60. The van der Waals surface area contributed by atoms with Crippen LogP contribution in [0.5, 0.6) is 0 Å². The van der Waals surface area contributed by atoms with Crippen LogP contribution in [-0.4, -0.2) is 20.9 Å². The van der Waals surface area contributed by atoms with Crippen molar-refractivity contribution < 1.29 is 9.18 Å². The van der Waals surface area contributed by atoms with Crippen LogP contribution in [0, 0.1) is 5.82 Å². The molecule has 34 heavy (non-hydrogen) atoms. The molecule has 0 saturated carbocycles. The first-order valence-electron chi connectivity index (χ1n) is 10.9. The van der Waals surface area contributed by atoms with E-state index in [0.717, 1.165) is 28.1 Å². The van der Waals surface area contributed by atoms with Crippen molar-refractivity contribution in [2.75, 3.05) is 0 Å². The van der Waals surface area contributed by atoms with E-state index in [4.69, 9.17) is 0 Å². The number of nitrogens with zero attached hydrogens (tertiary/aromatic N) is 3. The molecule has 1 aromatic heterocycles. The Kier molecular flexibility index (Phi) is 5.95. The number of benzene rings is 4. The Morgan fingerprint density at radius 2 is 1.35 bits per heavy atom. The molecule has 0 saturated heterocycles. The zero-order valence-corrected chi connectivity index (χ0v) is 18.2. The van der Waals surface area contributed by atoms with Gasteiger partial charge in [-0.1, -0.05) is 65.9 Å². The average molecular weight is 449 g/mol. The van der Waals surface area contributed by atoms with E-state index in [0.29, 0.717) is 5.56 Å². The molecule has 1 N–H and O–H groups in total. The predicted molar refractivity (Wildman–Crippen MR) is 129 cm³/mol. The summed E-state index contributed by atoms with van der Waals surface area (Å²) in [5.74, 6) is -0.482. The lowest BCUT2D eigenvalue weighted by Gasteiger charge is -2.20. The minimum Gasteiger partial charge on any atom is -0.341 e. The summed E-state index contributed by atoms with van der Waals surface area (Å²) in [6.45, 7) is 0. The van der Waals surface area contributed by atoms with E-state index in [2.05, 4.69) is 15.6 Å². The van der Waals surface area contributed by atoms with Crippen molar-refractivity contribution in [1.29, 1.82) is 0 Å². The van der Waals surface area contributed by atoms with Gasteiger partial charge in [-0.2, -0.15) is 0 Å². The first-order valence-corrected chi connectivity index (χ1v) is 10.9. The number of aromatic nitrogens is 3. The molecular formula is C28H21FN4O. The molecule has 1 amide bonds. The zero-order chi connectivity index (χ0) is 23.3. The molecule has 0 atom stereocenters. The predicted octanol–water partition coefficient (Wildman–Crippen LogP) is 5.59. The normalized spacial score (nSPS) is 10.9. The maximum atomic E-state index is 13.3. The Morgan fingerprint density at radius 3 is 1.94 bits per heavy atom. The van der Waals surface area contributed by atoms with Crippen LogP contribution in [0.1, 0.15) is 27.5 Å². The Bertz CT molecular complexity index is 1340. The molecule has 4 aromatic carbocycles. The van der Waals surface area contributed by atoms with Gasteiger partial charge in [-0.05, 0) is 59.7 Å². The second kappa shape index (κ2) is 9.50. The molecule has 0 unspecified atom stereocenters. The molecule has 0 bridgehead atoms. The molecule has 1 heterocycles. The highest BCUT2D eigenvalue weighted by atomic mass is 19.1. The zero-order valence-electron chi connectivity index (χ0n) is 18.2. The molecule has 5 rings (SSSR count). The first-order chi connectivity index (χ1) is 16.7. The van der Waals surface area contributed by atoms with Crippen molar-refractivity contribution in [3.05, 3.63) is 138 Å². The number of halogens is 1. The number of hydrogen-bond donors (Lipinski definition) is 1. The molecule has 0 aliphatic heterocycles. The van der Waals surface area contributed by atoms with Gasteiger partial charge < -0.3 is 5.32 Å². The summed E-state index contributed by atoms with van der Waals surface area (Å²) in [6.07, 6.45) is 1.62. The summed E-state index contributed by atoms with van der Waals surface area (Å²) in [6, 6.07) is 32.8. The quantitative estimate of drug-likeness (QED) is 0.368. The molecular weight excluding hydrogens is 427 g/mol. The average Bonchev–Trinajstić information content (AvgIpc) is 3.39. The van der Waals surface area contributed by atoms with Crippen LogP contribution in [0.4, 0.5) is 4.39 Å². The van der Waals surface area contributed by atoms with E-state index in [1.54, 1.807) is 35.1 Å². The fourth-order valence-electron chi connectivity index (χ4n) is 3.86. The largest absolute Gasteiger partial charge is 0.341 e. The third-order valence-corrected chi connectivity index (χ3v) is 5.60. The van der Waals surface area contributed by atoms with Crippen molar-refractivity contribution in [3.8, 4) is 16.9 Å². The Morgan fingerprint density at radius 1 is 0.765 bits per heavy atom. The van der Waals surface area contributed by atoms with Gasteiger partial charge in [0.05, 0.1) is 23.6 Å². The first kappa shape index (κ1) is 21.3. The number of rotatable bonds is 6. The van der Waals surface area contributed by atoms with Gasteiger partial charge in [0, 0.05) is 11.1 Å². The summed E-state index contributed by atoms with van der Waals surface area (Å²) in [5.41, 5.74) is 4.81. The monoisotopic (exact) mass is 448 g/mol. The lowest BCUT2D eigenvalue weighted by molar-refractivity contribution is 0.0943. The van der Waals surface area contributed by atoms with Crippen molar-refractivity contribution in [3.63, 3.8) is 0 Å². The summed E-state index contributed by atoms with van der Waals surface area (Å²) < 4.78 is 15.0. The molecule has 5 aromatic rings. The molecule has 5 nitrogen and oxygen atoms in total. The van der Waals surface area contributed by atoms with E-state index in [-0.39, 0.29) is 17.8 Å². The number of nitrogens with one attached hydrogen (secondary N) is 1. The Balaban J connectivity index is 1.39. The van der Waals surface area contributed by atoms with E-state index in [9.17, 15) is 9.18 Å². The Labute approximate surface area is 196 Å². The molecule has 0 aliphatic carbocycles. The van der Waals surface area contributed by atoms with Crippen molar-refractivity contribution >= 4 is 5.91 Å². The van der Waals surface area contributed by atoms with E-state index < -0.39 is 0 Å². The van der Waals surface area contributed by atoms with Crippen LogP contribution in [0.25, 0.3) is 16.9 Å². The van der Waals surface area contributed by atoms with Gasteiger partial charge in [0.25, 0.3) is 5.91 Å². The summed E-state index contributed by atoms with van der Waals surface area (Å²) in [7, 11) is 0. The maximum absolute atomic E-state index is 13.3. The highest BCUT2D eigenvalue weighted by Crippen LogP contribution is 2.24. The van der Waals surface area contributed by atoms with Gasteiger partial charge >= 0.3 is 0 Å². The molecule has 166 valence electrons. The van der Waals surface area contributed by atoms with Gasteiger partial charge in [-0.3, -0.25) is 4.79 Å². The van der Waals surface area contributed by atoms with Gasteiger partial charge in [-0.15, -0.1) is 5.10 Å². The number of carbonyl (C=O) groups excluding carboxylic acids is 1. The van der Waals surface area contributed by atoms with Gasteiger partial charge in [0.1, 0.15) is 5.82 Å². The van der Waals surface area contributed by atoms with Crippen molar-refractivity contribution in [1.82, 2.24) is 20.3 Å². The van der Waals surface area contributed by atoms with Crippen LogP contribution in [0.2, 0.25) is 0 Å². The van der Waals surface area contributed by atoms with Crippen LogP contribution >= 0.6 is 0 Å². The number of hydrogen-bond acceptors (Lipinski definition) is 3. The summed E-state index contributed by atoms with van der Waals surface area (Å²) in [5, 5.41) is 11.3. The highest BCUT2D eigenvalue weighted by molar-refractivity contribution is 5.95. The van der Waals surface area contributed by atoms with Crippen LogP contribution in [-0.2, 0) is 0 Å². The van der Waals surface area contributed by atoms with E-state index >= 15 is 0 Å². The lowest BCUT2D eigenvalue weighted by Crippen LogP contribution is -2.29. The highest BCUT2D eigenvalue weighted by Gasteiger charge is 2.18. The molecule has 0 spiro atoms. The summed E-state index contributed by atoms with van der Waals surface area (Å²) in [4.78, 5) is 13.1. The molecule has 0 aliphatic rings. The minimum absolute atomic E-state index is 0.179. The standard InChI is InChI=1S/C28H21FN4O/c29-24-15-11-20(12-16-24)26-19-30-32-33(26)25-17-13-23(14-18-25)28(34)31-27(21-7-3-1-4-8-21)22-9-5-2-6-10-22/h1-19,27H,(H,31,34). The SMILES string of the molecule is O=C(NC(c1ccccc1)c1ccccc1)c1ccc(-n2nncc2-c2ccc(F)cc2)cc1. The van der Waals surface area contributed by atoms with Gasteiger partial charge in [-0.25, -0.2) is 9.07 Å². The lowest BCUT2D eigenvalue weighted by atomic mass is 9.98. The van der Waals surface area contributed by atoms with Gasteiger partial charge in [0.2, 0.25) is 0 Å². The third kappa shape index (κ3) is 4.47. The fourth-order valence-corrected chi connectivity index (χ4v) is 3.86. The minimum atomic E-state index is -0.303. The topological polar surface area (TPSA) is 59.8 Å². The van der Waals surface area contributed by atoms with E-state index in [1.165, 1.54) is 12.1 Å². The van der Waals surface area contributed by atoms with Gasteiger partial charge in [0.15, 0.2) is 0 Å². The smallest absolute Gasteiger partial charge is 0.252 e. The van der Waals surface area contributed by atoms with Crippen LogP contribution in [0.3, 0.4) is 0 Å². The molecule has 6 heteroatoms. The Hall–Kier alpha value is -4.58. The number of carbonyl (C=O) groups is 1. The second-order valence-electron chi connectivity index (χ2n) is 7.81. The molecule has 0 radical (unpaired) electrons. The number of amides is 1. The second-order valence-corrected chi connectivity index (χ2v) is 7.81. The van der Waals surface area contributed by atoms with E-state index in [1.807, 2.05) is 72.8 Å². The van der Waals surface area contributed by atoms with Crippen molar-refractivity contribution in [2.45, 2.75) is 6.04 Å². The fraction of sp³-hybridized carbons (Fsp3) is 0.0357. The van der Waals surface area contributed by atoms with Crippen LogP contribution in [0.15, 0.2) is 115 Å². The maximum Gasteiger partial charge on any atom is 0.252 e. The summed E-state index contributed by atoms with van der Waals surface area (Å²) >= 11 is 0. The van der Waals surface area contributed by atoms with Crippen LogP contribution < -0.4 is 5.32 Å².